The Morgan fingerprint density at radius 2 is 1.91 bits per heavy atom. The van der Waals surface area contributed by atoms with E-state index in [9.17, 15) is 18.8 Å². The van der Waals surface area contributed by atoms with Gasteiger partial charge in [-0.05, 0) is 42.3 Å². The highest BCUT2D eigenvalue weighted by Crippen LogP contribution is 2.30. The largest absolute Gasteiger partial charge is 0.383 e. The number of nitrogens with one attached hydrogen (secondary N) is 2. The molecular weight excluding hydrogens is 471 g/mol. The van der Waals surface area contributed by atoms with Crippen molar-refractivity contribution in [2.45, 2.75) is 25.8 Å². The molecule has 3 amide bonds. The number of halogens is 1. The summed E-state index contributed by atoms with van der Waals surface area (Å²) < 4.78 is 18.7. The number of anilines is 2. The molecule has 0 bridgehead atoms. The average Bonchev–Trinajstić information content (AvgIpc) is 3.35. The Bertz CT molecular complexity index is 1140. The lowest BCUT2D eigenvalue weighted by Gasteiger charge is -2.32. The fraction of sp³-hybridized carbons (Fsp3) is 0.280. The quantitative estimate of drug-likeness (QED) is 0.391. The third-order valence-electron chi connectivity index (χ3n) is 5.09. The second-order valence-electron chi connectivity index (χ2n) is 7.73. The van der Waals surface area contributed by atoms with E-state index in [1.807, 2.05) is 13.0 Å². The lowest BCUT2D eigenvalue weighted by Crippen LogP contribution is -2.45. The number of aromatic nitrogens is 1. The molecule has 2 N–H and O–H groups in total. The number of ether oxygens (including phenoxy) is 1. The molecule has 10 heteroatoms. The van der Waals surface area contributed by atoms with Gasteiger partial charge < -0.3 is 15.4 Å². The third kappa shape index (κ3) is 7.43. The van der Waals surface area contributed by atoms with Gasteiger partial charge in [-0.3, -0.25) is 19.3 Å². The Labute approximate surface area is 207 Å². The molecule has 0 fully saturated rings. The van der Waals surface area contributed by atoms with E-state index >= 15 is 0 Å². The van der Waals surface area contributed by atoms with Gasteiger partial charge in [0.05, 0.1) is 6.61 Å². The highest BCUT2D eigenvalue weighted by atomic mass is 32.1. The molecular formula is C25H27FN4O4S. The van der Waals surface area contributed by atoms with Gasteiger partial charge in [-0.2, -0.15) is 0 Å². The van der Waals surface area contributed by atoms with Crippen molar-refractivity contribution in [1.29, 1.82) is 0 Å². The predicted octanol–water partition coefficient (Wildman–Crippen LogP) is 3.85. The Kier molecular flexibility index (Phi) is 9.45. The van der Waals surface area contributed by atoms with Crippen LogP contribution in [0.4, 0.5) is 15.2 Å². The molecule has 0 saturated heterocycles. The second-order valence-corrected chi connectivity index (χ2v) is 8.62. The summed E-state index contributed by atoms with van der Waals surface area (Å²) >= 11 is 1.27. The zero-order chi connectivity index (χ0) is 25.2. The van der Waals surface area contributed by atoms with E-state index in [0.29, 0.717) is 16.4 Å². The van der Waals surface area contributed by atoms with Crippen molar-refractivity contribution < 1.29 is 23.5 Å². The van der Waals surface area contributed by atoms with Crippen molar-refractivity contribution >= 4 is 39.9 Å². The molecule has 184 valence electrons. The number of carbonyl (C=O) groups is 3. The molecule has 35 heavy (non-hydrogen) atoms. The zero-order valence-electron chi connectivity index (χ0n) is 19.5. The van der Waals surface area contributed by atoms with E-state index in [0.717, 1.165) is 5.56 Å². The Balaban J connectivity index is 1.91. The molecule has 0 aliphatic heterocycles. The minimum absolute atomic E-state index is 0.0951. The smallest absolute Gasteiger partial charge is 0.247 e. The van der Waals surface area contributed by atoms with Crippen LogP contribution in [-0.4, -0.2) is 43.0 Å². The Hall–Kier alpha value is -3.63. The highest BCUT2D eigenvalue weighted by Gasteiger charge is 2.33. The van der Waals surface area contributed by atoms with Crippen LogP contribution < -0.4 is 15.5 Å². The number of nitrogens with zero attached hydrogens (tertiary/aromatic N) is 2. The van der Waals surface area contributed by atoms with E-state index in [2.05, 4.69) is 15.6 Å². The van der Waals surface area contributed by atoms with Crippen molar-refractivity contribution in [3.8, 4) is 0 Å². The fourth-order valence-corrected chi connectivity index (χ4v) is 4.00. The molecule has 0 saturated carbocycles. The first-order valence-corrected chi connectivity index (χ1v) is 11.9. The van der Waals surface area contributed by atoms with Crippen LogP contribution in [0.15, 0.2) is 60.1 Å². The van der Waals surface area contributed by atoms with Crippen molar-refractivity contribution in [2.75, 3.05) is 30.5 Å². The van der Waals surface area contributed by atoms with Crippen LogP contribution in [0.3, 0.4) is 0 Å². The van der Waals surface area contributed by atoms with Gasteiger partial charge in [0, 0.05) is 43.8 Å². The number of benzene rings is 2. The standard InChI is InChI=1S/C25H27FN4O4S/c1-17-4-3-5-20(16-17)30(22(32)11-10-21(31)29-25-28-13-15-35-25)23(24(33)27-12-14-34-2)18-6-8-19(26)9-7-18/h3-9,13,15-16,23H,10-12,14H2,1-2H3,(H,27,33)(H,28,29,31). The summed E-state index contributed by atoms with van der Waals surface area (Å²) in [5.41, 5.74) is 1.81. The van der Waals surface area contributed by atoms with Crippen LogP contribution >= 0.6 is 11.3 Å². The average molecular weight is 499 g/mol. The van der Waals surface area contributed by atoms with E-state index in [1.165, 1.54) is 47.6 Å². The van der Waals surface area contributed by atoms with Gasteiger partial charge in [0.1, 0.15) is 11.9 Å². The van der Waals surface area contributed by atoms with Gasteiger partial charge in [-0.15, -0.1) is 11.3 Å². The summed E-state index contributed by atoms with van der Waals surface area (Å²) in [6.45, 7) is 2.40. The maximum atomic E-state index is 13.7. The van der Waals surface area contributed by atoms with E-state index in [4.69, 9.17) is 4.74 Å². The van der Waals surface area contributed by atoms with E-state index in [-0.39, 0.29) is 31.9 Å². The van der Waals surface area contributed by atoms with Gasteiger partial charge in [0.15, 0.2) is 5.13 Å². The number of aryl methyl sites for hydroxylation is 1. The monoisotopic (exact) mass is 498 g/mol. The number of rotatable bonds is 11. The Morgan fingerprint density at radius 1 is 1.14 bits per heavy atom. The Morgan fingerprint density at radius 3 is 2.57 bits per heavy atom. The molecule has 1 aromatic heterocycles. The van der Waals surface area contributed by atoms with E-state index < -0.39 is 23.7 Å². The minimum atomic E-state index is -1.08. The fourth-order valence-electron chi connectivity index (χ4n) is 3.46. The summed E-state index contributed by atoms with van der Waals surface area (Å²) in [5.74, 6) is -1.70. The van der Waals surface area contributed by atoms with Crippen LogP contribution in [0, 0.1) is 12.7 Å². The first-order valence-electron chi connectivity index (χ1n) is 11.0. The zero-order valence-corrected chi connectivity index (χ0v) is 20.3. The number of thiazole rings is 1. The number of hydrogen-bond donors (Lipinski definition) is 2. The van der Waals surface area contributed by atoms with E-state index in [1.54, 1.807) is 29.8 Å². The minimum Gasteiger partial charge on any atom is -0.383 e. The third-order valence-corrected chi connectivity index (χ3v) is 5.78. The molecule has 1 unspecified atom stereocenters. The number of carbonyl (C=O) groups excluding carboxylic acids is 3. The molecule has 0 aliphatic rings. The predicted molar refractivity (Wildman–Crippen MR) is 133 cm³/mol. The summed E-state index contributed by atoms with van der Waals surface area (Å²) in [5, 5.41) is 7.60. The van der Waals surface area contributed by atoms with Crippen LogP contribution in [0.25, 0.3) is 0 Å². The lowest BCUT2D eigenvalue weighted by atomic mass is 10.0. The van der Waals surface area contributed by atoms with Gasteiger partial charge in [-0.25, -0.2) is 9.37 Å². The first-order chi connectivity index (χ1) is 16.9. The molecule has 2 aromatic carbocycles. The molecule has 8 nitrogen and oxygen atoms in total. The maximum Gasteiger partial charge on any atom is 0.247 e. The number of hydrogen-bond acceptors (Lipinski definition) is 6. The van der Waals surface area contributed by atoms with Crippen LogP contribution in [0.2, 0.25) is 0 Å². The number of amides is 3. The lowest BCUT2D eigenvalue weighted by molar-refractivity contribution is -0.127. The number of methoxy groups -OCH3 is 1. The second kappa shape index (κ2) is 12.7. The summed E-state index contributed by atoms with van der Waals surface area (Å²) in [6, 6.07) is 11.5. The maximum absolute atomic E-state index is 13.7. The molecule has 3 rings (SSSR count). The molecule has 0 radical (unpaired) electrons. The molecule has 1 heterocycles. The molecule has 1 atom stereocenters. The van der Waals surface area contributed by atoms with Crippen LogP contribution in [0.5, 0.6) is 0 Å². The van der Waals surface area contributed by atoms with Crippen LogP contribution in [0.1, 0.15) is 30.0 Å². The SMILES string of the molecule is COCCNC(=O)C(c1ccc(F)cc1)N(C(=O)CCC(=O)Nc1nccs1)c1cccc(C)c1. The van der Waals surface area contributed by atoms with Gasteiger partial charge in [-0.1, -0.05) is 24.3 Å². The van der Waals surface area contributed by atoms with Crippen molar-refractivity contribution in [1.82, 2.24) is 10.3 Å². The molecule has 0 spiro atoms. The van der Waals surface area contributed by atoms with Gasteiger partial charge >= 0.3 is 0 Å². The summed E-state index contributed by atoms with van der Waals surface area (Å²) in [6.07, 6.45) is 1.33. The normalized spacial score (nSPS) is 11.5. The van der Waals surface area contributed by atoms with Crippen molar-refractivity contribution in [3.63, 3.8) is 0 Å². The highest BCUT2D eigenvalue weighted by molar-refractivity contribution is 7.13. The van der Waals surface area contributed by atoms with Crippen LogP contribution in [-0.2, 0) is 19.1 Å². The van der Waals surface area contributed by atoms with Gasteiger partial charge in [0.2, 0.25) is 17.7 Å². The summed E-state index contributed by atoms with van der Waals surface area (Å²) in [4.78, 5) is 44.6. The topological polar surface area (TPSA) is 101 Å². The van der Waals surface area contributed by atoms with Gasteiger partial charge in [0.25, 0.3) is 0 Å². The first kappa shape index (κ1) is 26.0. The summed E-state index contributed by atoms with van der Waals surface area (Å²) in [7, 11) is 1.52. The molecule has 0 aliphatic carbocycles. The molecule has 3 aromatic rings. The van der Waals surface area contributed by atoms with Crippen molar-refractivity contribution in [3.05, 3.63) is 77.1 Å². The van der Waals surface area contributed by atoms with Crippen molar-refractivity contribution in [2.24, 2.45) is 0 Å².